The van der Waals surface area contributed by atoms with Gasteiger partial charge in [0, 0.05) is 6.54 Å². The predicted octanol–water partition coefficient (Wildman–Crippen LogP) is 4.74. The first-order chi connectivity index (χ1) is 11.1. The van der Waals surface area contributed by atoms with Crippen LogP contribution in [0.3, 0.4) is 0 Å². The second-order valence-electron chi connectivity index (χ2n) is 6.26. The van der Waals surface area contributed by atoms with Crippen LogP contribution >= 0.6 is 0 Å². The van der Waals surface area contributed by atoms with Gasteiger partial charge >= 0.3 is 0 Å². The van der Waals surface area contributed by atoms with Crippen molar-refractivity contribution in [2.45, 2.75) is 40.7 Å². The van der Waals surface area contributed by atoms with Crippen molar-refractivity contribution in [2.75, 3.05) is 6.61 Å². The number of nitrogens with zero attached hydrogens (tertiary/aromatic N) is 2. The number of fused-ring (bicyclic) bond motifs is 1. The molecule has 1 heterocycles. The average Bonchev–Trinajstić information content (AvgIpc) is 2.90. The Morgan fingerprint density at radius 2 is 1.78 bits per heavy atom. The van der Waals surface area contributed by atoms with Crippen molar-refractivity contribution in [3.8, 4) is 5.75 Å². The number of ether oxygens (including phenoxy) is 1. The third-order valence-electron chi connectivity index (χ3n) is 4.59. The van der Waals surface area contributed by atoms with Crippen molar-refractivity contribution in [2.24, 2.45) is 0 Å². The van der Waals surface area contributed by atoms with Crippen LogP contribution in [0.1, 0.15) is 28.7 Å². The van der Waals surface area contributed by atoms with Crippen molar-refractivity contribution in [1.29, 1.82) is 0 Å². The molecule has 3 nitrogen and oxygen atoms in total. The van der Waals surface area contributed by atoms with Crippen LogP contribution in [-0.4, -0.2) is 16.2 Å². The molecule has 0 N–H and O–H groups in total. The maximum atomic E-state index is 5.94. The van der Waals surface area contributed by atoms with Gasteiger partial charge in [0.2, 0.25) is 0 Å². The molecule has 0 radical (unpaired) electrons. The molecule has 0 spiro atoms. The van der Waals surface area contributed by atoms with Crippen LogP contribution in [0.25, 0.3) is 11.0 Å². The number of aryl methyl sites for hydroxylation is 4. The van der Waals surface area contributed by atoms with Crippen LogP contribution in [0.15, 0.2) is 36.7 Å². The number of hydrogen-bond donors (Lipinski definition) is 0. The Balaban J connectivity index is 1.63. The highest BCUT2D eigenvalue weighted by Gasteiger charge is 2.06. The first-order valence-corrected chi connectivity index (χ1v) is 8.17. The lowest BCUT2D eigenvalue weighted by atomic mass is 10.1. The van der Waals surface area contributed by atoms with E-state index < -0.39 is 0 Å². The van der Waals surface area contributed by atoms with Gasteiger partial charge in [-0.15, -0.1) is 0 Å². The standard InChI is InChI=1S/C20H24N2O/c1-14-7-5-8-20(17(14)4)23-10-6-9-22-13-21-18-11-15(2)16(3)12-19(18)22/h5,7-8,11-13H,6,9-10H2,1-4H3. The third kappa shape index (κ3) is 3.24. The van der Waals surface area contributed by atoms with E-state index in [4.69, 9.17) is 4.74 Å². The van der Waals surface area contributed by atoms with Crippen LogP contribution < -0.4 is 4.74 Å². The Morgan fingerprint density at radius 1 is 1.00 bits per heavy atom. The van der Waals surface area contributed by atoms with E-state index in [1.165, 1.54) is 27.8 Å². The zero-order valence-corrected chi connectivity index (χ0v) is 14.4. The summed E-state index contributed by atoms with van der Waals surface area (Å²) in [4.78, 5) is 4.51. The fourth-order valence-corrected chi connectivity index (χ4v) is 2.79. The zero-order chi connectivity index (χ0) is 16.4. The molecule has 23 heavy (non-hydrogen) atoms. The molecule has 0 fully saturated rings. The summed E-state index contributed by atoms with van der Waals surface area (Å²) in [5.74, 6) is 0.993. The molecule has 0 aliphatic carbocycles. The molecule has 0 aliphatic rings. The summed E-state index contributed by atoms with van der Waals surface area (Å²) in [5.41, 5.74) is 7.39. The van der Waals surface area contributed by atoms with Gasteiger partial charge in [-0.05, 0) is 74.6 Å². The first kappa shape index (κ1) is 15.6. The van der Waals surface area contributed by atoms with E-state index in [2.05, 4.69) is 55.4 Å². The molecular formula is C20H24N2O. The summed E-state index contributed by atoms with van der Waals surface area (Å²) in [5, 5.41) is 0. The summed E-state index contributed by atoms with van der Waals surface area (Å²) in [7, 11) is 0. The van der Waals surface area contributed by atoms with Gasteiger partial charge in [-0.1, -0.05) is 12.1 Å². The second-order valence-corrected chi connectivity index (χ2v) is 6.26. The Bertz CT molecular complexity index is 833. The smallest absolute Gasteiger partial charge is 0.122 e. The molecule has 0 aliphatic heterocycles. The molecule has 0 amide bonds. The highest BCUT2D eigenvalue weighted by atomic mass is 16.5. The normalized spacial score (nSPS) is 11.1. The van der Waals surface area contributed by atoms with E-state index in [0.29, 0.717) is 0 Å². The van der Waals surface area contributed by atoms with Crippen LogP contribution in [0.4, 0.5) is 0 Å². The third-order valence-corrected chi connectivity index (χ3v) is 4.59. The minimum Gasteiger partial charge on any atom is -0.493 e. The van der Waals surface area contributed by atoms with Crippen LogP contribution in [-0.2, 0) is 6.54 Å². The van der Waals surface area contributed by atoms with E-state index in [0.717, 1.165) is 30.8 Å². The molecule has 0 saturated carbocycles. The van der Waals surface area contributed by atoms with E-state index in [9.17, 15) is 0 Å². The molecule has 1 aromatic heterocycles. The predicted molar refractivity (Wildman–Crippen MR) is 95.2 cm³/mol. The van der Waals surface area contributed by atoms with E-state index in [1.807, 2.05) is 18.5 Å². The highest BCUT2D eigenvalue weighted by molar-refractivity contribution is 5.77. The van der Waals surface area contributed by atoms with E-state index >= 15 is 0 Å². The maximum Gasteiger partial charge on any atom is 0.122 e. The van der Waals surface area contributed by atoms with E-state index in [1.54, 1.807) is 0 Å². The molecule has 0 atom stereocenters. The molecule has 0 bridgehead atoms. The van der Waals surface area contributed by atoms with Gasteiger partial charge in [0.1, 0.15) is 5.75 Å². The van der Waals surface area contributed by atoms with Crippen molar-refractivity contribution in [1.82, 2.24) is 9.55 Å². The number of benzene rings is 2. The summed E-state index contributed by atoms with van der Waals surface area (Å²) < 4.78 is 8.15. The number of imidazole rings is 1. The van der Waals surface area contributed by atoms with Crippen LogP contribution in [0, 0.1) is 27.7 Å². The van der Waals surface area contributed by atoms with Crippen molar-refractivity contribution in [3.63, 3.8) is 0 Å². The van der Waals surface area contributed by atoms with Crippen molar-refractivity contribution < 1.29 is 4.74 Å². The largest absolute Gasteiger partial charge is 0.493 e. The minimum absolute atomic E-state index is 0.717. The lowest BCUT2D eigenvalue weighted by Crippen LogP contribution is -2.05. The van der Waals surface area contributed by atoms with E-state index in [-0.39, 0.29) is 0 Å². The van der Waals surface area contributed by atoms with Gasteiger partial charge in [0.15, 0.2) is 0 Å². The maximum absolute atomic E-state index is 5.94. The summed E-state index contributed by atoms with van der Waals surface area (Å²) in [6, 6.07) is 10.6. The Labute approximate surface area is 137 Å². The van der Waals surface area contributed by atoms with Crippen molar-refractivity contribution in [3.05, 3.63) is 58.9 Å². The molecule has 0 unspecified atom stereocenters. The van der Waals surface area contributed by atoms with Gasteiger partial charge in [0.05, 0.1) is 24.0 Å². The molecule has 3 heteroatoms. The lowest BCUT2D eigenvalue weighted by Gasteiger charge is -2.11. The topological polar surface area (TPSA) is 27.1 Å². The molecule has 3 aromatic rings. The van der Waals surface area contributed by atoms with Crippen LogP contribution in [0.2, 0.25) is 0 Å². The number of aromatic nitrogens is 2. The Kier molecular flexibility index (Phi) is 4.37. The Hall–Kier alpha value is -2.29. The zero-order valence-electron chi connectivity index (χ0n) is 14.4. The van der Waals surface area contributed by atoms with Gasteiger partial charge in [-0.2, -0.15) is 0 Å². The summed E-state index contributed by atoms with van der Waals surface area (Å²) in [6.07, 6.45) is 2.90. The molecule has 3 rings (SSSR count). The van der Waals surface area contributed by atoms with Gasteiger partial charge < -0.3 is 9.30 Å². The van der Waals surface area contributed by atoms with Crippen molar-refractivity contribution >= 4 is 11.0 Å². The average molecular weight is 308 g/mol. The monoisotopic (exact) mass is 308 g/mol. The fraction of sp³-hybridized carbons (Fsp3) is 0.350. The van der Waals surface area contributed by atoms with Crippen LogP contribution in [0.5, 0.6) is 5.75 Å². The SMILES string of the molecule is Cc1cc2ncn(CCCOc3cccc(C)c3C)c2cc1C. The highest BCUT2D eigenvalue weighted by Crippen LogP contribution is 2.21. The second kappa shape index (κ2) is 6.45. The van der Waals surface area contributed by atoms with Gasteiger partial charge in [-0.25, -0.2) is 4.98 Å². The van der Waals surface area contributed by atoms with Gasteiger partial charge in [0.25, 0.3) is 0 Å². The fourth-order valence-electron chi connectivity index (χ4n) is 2.79. The number of rotatable bonds is 5. The molecular weight excluding hydrogens is 284 g/mol. The summed E-state index contributed by atoms with van der Waals surface area (Å²) >= 11 is 0. The summed E-state index contributed by atoms with van der Waals surface area (Å²) in [6.45, 7) is 10.1. The minimum atomic E-state index is 0.717. The van der Waals surface area contributed by atoms with Gasteiger partial charge in [-0.3, -0.25) is 0 Å². The quantitative estimate of drug-likeness (QED) is 0.637. The Morgan fingerprint density at radius 3 is 2.61 bits per heavy atom. The molecule has 2 aromatic carbocycles. The molecule has 0 saturated heterocycles. The lowest BCUT2D eigenvalue weighted by molar-refractivity contribution is 0.300. The first-order valence-electron chi connectivity index (χ1n) is 8.17. The number of hydrogen-bond acceptors (Lipinski definition) is 2. The molecule has 120 valence electrons.